The zero-order valence-electron chi connectivity index (χ0n) is 10.9. The van der Waals surface area contributed by atoms with Gasteiger partial charge in [0.15, 0.2) is 0 Å². The molecule has 98 valence electrons. The Hall–Kier alpha value is -1.55. The molecule has 4 heteroatoms. The van der Waals surface area contributed by atoms with Crippen LogP contribution in [-0.2, 0) is 11.3 Å². The van der Waals surface area contributed by atoms with Crippen molar-refractivity contribution in [3.63, 3.8) is 0 Å². The molecule has 4 nitrogen and oxygen atoms in total. The molecule has 1 fully saturated rings. The Balaban J connectivity index is 1.92. The van der Waals surface area contributed by atoms with Crippen molar-refractivity contribution in [3.8, 4) is 5.75 Å². The molecule has 1 amide bonds. The predicted molar refractivity (Wildman–Crippen MR) is 70.5 cm³/mol. The fraction of sp³-hybridized carbons (Fsp3) is 0.500. The van der Waals surface area contributed by atoms with Crippen LogP contribution >= 0.6 is 0 Å². The van der Waals surface area contributed by atoms with E-state index in [1.54, 1.807) is 7.11 Å². The van der Waals surface area contributed by atoms with Crippen molar-refractivity contribution in [2.45, 2.75) is 38.4 Å². The smallest absolute Gasteiger partial charge is 0.221 e. The van der Waals surface area contributed by atoms with E-state index < -0.39 is 0 Å². The number of hydrogen-bond acceptors (Lipinski definition) is 3. The summed E-state index contributed by atoms with van der Waals surface area (Å²) in [5, 5.41) is 6.36. The van der Waals surface area contributed by atoms with E-state index in [1.807, 2.05) is 31.2 Å². The SMILES string of the molecule is COc1ccccc1CNC1CC(=O)NC(C)C1. The molecule has 1 aromatic rings. The number of benzene rings is 1. The Morgan fingerprint density at radius 1 is 1.44 bits per heavy atom. The second kappa shape index (κ2) is 5.87. The number of nitrogens with one attached hydrogen (secondary N) is 2. The summed E-state index contributed by atoms with van der Waals surface area (Å²) in [5.41, 5.74) is 1.12. The van der Waals surface area contributed by atoms with Crippen LogP contribution in [0.15, 0.2) is 24.3 Å². The number of para-hydroxylation sites is 1. The van der Waals surface area contributed by atoms with Crippen LogP contribution in [0.2, 0.25) is 0 Å². The van der Waals surface area contributed by atoms with E-state index >= 15 is 0 Å². The maximum absolute atomic E-state index is 11.4. The molecule has 0 bridgehead atoms. The summed E-state index contributed by atoms with van der Waals surface area (Å²) in [5.74, 6) is 1.02. The summed E-state index contributed by atoms with van der Waals surface area (Å²) >= 11 is 0. The molecule has 1 aromatic carbocycles. The van der Waals surface area contributed by atoms with Gasteiger partial charge in [-0.3, -0.25) is 4.79 Å². The Morgan fingerprint density at radius 3 is 2.94 bits per heavy atom. The molecule has 0 saturated carbocycles. The minimum atomic E-state index is 0.131. The summed E-state index contributed by atoms with van der Waals surface area (Å²) in [6.45, 7) is 2.77. The highest BCUT2D eigenvalue weighted by Gasteiger charge is 2.23. The van der Waals surface area contributed by atoms with Crippen LogP contribution in [0.1, 0.15) is 25.3 Å². The van der Waals surface area contributed by atoms with E-state index in [1.165, 1.54) is 0 Å². The van der Waals surface area contributed by atoms with Gasteiger partial charge in [-0.15, -0.1) is 0 Å². The summed E-state index contributed by atoms with van der Waals surface area (Å²) in [6.07, 6.45) is 1.53. The number of rotatable bonds is 4. The molecule has 2 atom stereocenters. The molecule has 0 spiro atoms. The van der Waals surface area contributed by atoms with Crippen molar-refractivity contribution in [2.75, 3.05) is 7.11 Å². The molecule has 1 heterocycles. The molecule has 0 aliphatic carbocycles. The Kier molecular flexibility index (Phi) is 4.20. The zero-order valence-corrected chi connectivity index (χ0v) is 10.9. The number of methoxy groups -OCH3 is 1. The molecule has 2 unspecified atom stereocenters. The number of hydrogen-bond donors (Lipinski definition) is 2. The third-order valence-corrected chi connectivity index (χ3v) is 3.25. The highest BCUT2D eigenvalue weighted by atomic mass is 16.5. The predicted octanol–water partition coefficient (Wildman–Crippen LogP) is 1.45. The van der Waals surface area contributed by atoms with Crippen LogP contribution < -0.4 is 15.4 Å². The molecule has 18 heavy (non-hydrogen) atoms. The van der Waals surface area contributed by atoms with Crippen molar-refractivity contribution in [3.05, 3.63) is 29.8 Å². The lowest BCUT2D eigenvalue weighted by atomic mass is 9.99. The van der Waals surface area contributed by atoms with Crippen molar-refractivity contribution in [1.29, 1.82) is 0 Å². The minimum absolute atomic E-state index is 0.131. The first-order chi connectivity index (χ1) is 8.69. The number of carbonyl (C=O) groups excluding carboxylic acids is 1. The topological polar surface area (TPSA) is 50.4 Å². The van der Waals surface area contributed by atoms with Gasteiger partial charge in [0.1, 0.15) is 5.75 Å². The monoisotopic (exact) mass is 248 g/mol. The summed E-state index contributed by atoms with van der Waals surface area (Å²) < 4.78 is 5.31. The van der Waals surface area contributed by atoms with Gasteiger partial charge in [0.2, 0.25) is 5.91 Å². The van der Waals surface area contributed by atoms with E-state index in [9.17, 15) is 4.79 Å². The van der Waals surface area contributed by atoms with Gasteiger partial charge in [-0.1, -0.05) is 18.2 Å². The van der Waals surface area contributed by atoms with Gasteiger partial charge in [0.05, 0.1) is 7.11 Å². The van der Waals surface area contributed by atoms with Gasteiger partial charge in [0.25, 0.3) is 0 Å². The Bertz CT molecular complexity index is 420. The van der Waals surface area contributed by atoms with Crippen molar-refractivity contribution < 1.29 is 9.53 Å². The van der Waals surface area contributed by atoms with E-state index in [0.717, 1.165) is 24.3 Å². The van der Waals surface area contributed by atoms with Gasteiger partial charge < -0.3 is 15.4 Å². The molecular formula is C14H20N2O2. The lowest BCUT2D eigenvalue weighted by Gasteiger charge is -2.28. The van der Waals surface area contributed by atoms with E-state index in [0.29, 0.717) is 6.42 Å². The summed E-state index contributed by atoms with van der Waals surface area (Å²) in [4.78, 5) is 11.4. The fourth-order valence-electron chi connectivity index (χ4n) is 2.39. The first-order valence-corrected chi connectivity index (χ1v) is 6.33. The number of carbonyl (C=O) groups is 1. The fourth-order valence-corrected chi connectivity index (χ4v) is 2.39. The molecule has 0 aromatic heterocycles. The Morgan fingerprint density at radius 2 is 2.22 bits per heavy atom. The highest BCUT2D eigenvalue weighted by Crippen LogP contribution is 2.18. The highest BCUT2D eigenvalue weighted by molar-refractivity contribution is 5.77. The zero-order chi connectivity index (χ0) is 13.0. The van der Waals surface area contributed by atoms with Gasteiger partial charge in [-0.25, -0.2) is 0 Å². The third-order valence-electron chi connectivity index (χ3n) is 3.25. The van der Waals surface area contributed by atoms with E-state index in [4.69, 9.17) is 4.74 Å². The second-order valence-electron chi connectivity index (χ2n) is 4.80. The first kappa shape index (κ1) is 12.9. The van der Waals surface area contributed by atoms with Crippen molar-refractivity contribution in [2.24, 2.45) is 0 Å². The van der Waals surface area contributed by atoms with Crippen LogP contribution in [0.4, 0.5) is 0 Å². The Labute approximate surface area is 108 Å². The standard InChI is InChI=1S/C14H20N2O2/c1-10-7-12(8-14(17)16-10)15-9-11-5-3-4-6-13(11)18-2/h3-6,10,12,15H,7-9H2,1-2H3,(H,16,17). The quantitative estimate of drug-likeness (QED) is 0.848. The molecule has 0 radical (unpaired) electrons. The van der Waals surface area contributed by atoms with Crippen LogP contribution in [-0.4, -0.2) is 25.1 Å². The molecule has 1 aliphatic rings. The van der Waals surface area contributed by atoms with Crippen molar-refractivity contribution >= 4 is 5.91 Å². The van der Waals surface area contributed by atoms with Gasteiger partial charge in [-0.05, 0) is 19.4 Å². The summed E-state index contributed by atoms with van der Waals surface area (Å²) in [6, 6.07) is 8.44. The molecule has 1 saturated heterocycles. The number of piperidine rings is 1. The van der Waals surface area contributed by atoms with Crippen LogP contribution in [0, 0.1) is 0 Å². The van der Waals surface area contributed by atoms with Gasteiger partial charge >= 0.3 is 0 Å². The first-order valence-electron chi connectivity index (χ1n) is 6.33. The van der Waals surface area contributed by atoms with Crippen LogP contribution in [0.5, 0.6) is 5.75 Å². The molecule has 2 rings (SSSR count). The third kappa shape index (κ3) is 3.23. The average molecular weight is 248 g/mol. The molecular weight excluding hydrogens is 228 g/mol. The maximum Gasteiger partial charge on any atom is 0.221 e. The van der Waals surface area contributed by atoms with Crippen LogP contribution in [0.3, 0.4) is 0 Å². The number of amides is 1. The second-order valence-corrected chi connectivity index (χ2v) is 4.80. The van der Waals surface area contributed by atoms with E-state index in [-0.39, 0.29) is 18.0 Å². The van der Waals surface area contributed by atoms with Gasteiger partial charge in [0, 0.05) is 30.6 Å². The molecule has 1 aliphatic heterocycles. The summed E-state index contributed by atoms with van der Waals surface area (Å²) in [7, 11) is 1.68. The minimum Gasteiger partial charge on any atom is -0.496 e. The average Bonchev–Trinajstić information content (AvgIpc) is 2.35. The lowest BCUT2D eigenvalue weighted by Crippen LogP contribution is -2.47. The van der Waals surface area contributed by atoms with E-state index in [2.05, 4.69) is 10.6 Å². The van der Waals surface area contributed by atoms with Crippen molar-refractivity contribution in [1.82, 2.24) is 10.6 Å². The van der Waals surface area contributed by atoms with Crippen LogP contribution in [0.25, 0.3) is 0 Å². The lowest BCUT2D eigenvalue weighted by molar-refractivity contribution is -0.123. The number of ether oxygens (including phenoxy) is 1. The maximum atomic E-state index is 11.4. The normalized spacial score (nSPS) is 23.6. The van der Waals surface area contributed by atoms with Gasteiger partial charge in [-0.2, -0.15) is 0 Å². The largest absolute Gasteiger partial charge is 0.496 e. The molecule has 2 N–H and O–H groups in total.